The van der Waals surface area contributed by atoms with Crippen LogP contribution in [0, 0.1) is 0 Å². The molecule has 0 spiro atoms. The van der Waals surface area contributed by atoms with Crippen LogP contribution in [0.25, 0.3) is 0 Å². The summed E-state index contributed by atoms with van der Waals surface area (Å²) in [6, 6.07) is 14.4. The lowest BCUT2D eigenvalue weighted by Gasteiger charge is -2.10. The van der Waals surface area contributed by atoms with Crippen molar-refractivity contribution in [1.82, 2.24) is 4.98 Å². The van der Waals surface area contributed by atoms with Gasteiger partial charge in [0.25, 0.3) is 0 Å². The molecule has 2 aromatic rings. The van der Waals surface area contributed by atoms with E-state index in [2.05, 4.69) is 58.2 Å². The molecule has 0 aliphatic carbocycles. The van der Waals surface area contributed by atoms with E-state index in [1.807, 2.05) is 30.1 Å². The summed E-state index contributed by atoms with van der Waals surface area (Å²) in [5.74, 6) is 0. The molecule has 16 heavy (non-hydrogen) atoms. The summed E-state index contributed by atoms with van der Waals surface area (Å²) < 4.78 is 1.11. The number of hydrogen-bond acceptors (Lipinski definition) is 2. The number of nitrogens with zero attached hydrogens (tertiary/aromatic N) is 1. The maximum Gasteiger partial charge on any atom is 0.0534 e. The Morgan fingerprint density at radius 1 is 1.12 bits per heavy atom. The van der Waals surface area contributed by atoms with Crippen molar-refractivity contribution in [2.75, 3.05) is 0 Å². The average Bonchev–Trinajstić information content (AvgIpc) is 2.33. The number of aromatic nitrogens is 1. The monoisotopic (exact) mass is 293 g/mol. The molecule has 0 unspecified atom stereocenters. The Bertz CT molecular complexity index is 441. The Balaban J connectivity index is 2.08. The van der Waals surface area contributed by atoms with Crippen molar-refractivity contribution in [2.24, 2.45) is 0 Å². The molecular weight excluding hydrogens is 282 g/mol. The first kappa shape index (κ1) is 11.7. The summed E-state index contributed by atoms with van der Waals surface area (Å²) in [4.78, 5) is 5.63. The van der Waals surface area contributed by atoms with Gasteiger partial charge in [0.1, 0.15) is 0 Å². The molecule has 1 heterocycles. The summed E-state index contributed by atoms with van der Waals surface area (Å²) >= 11 is 5.26. The third-order valence-electron chi connectivity index (χ3n) is 2.23. The van der Waals surface area contributed by atoms with Crippen molar-refractivity contribution in [1.29, 1.82) is 0 Å². The van der Waals surface area contributed by atoms with Crippen LogP contribution in [-0.2, 0) is 0 Å². The summed E-state index contributed by atoms with van der Waals surface area (Å²) in [6.07, 6.45) is 1.84. The van der Waals surface area contributed by atoms with Gasteiger partial charge in [-0.2, -0.15) is 0 Å². The van der Waals surface area contributed by atoms with E-state index in [1.54, 1.807) is 0 Å². The van der Waals surface area contributed by atoms with Crippen LogP contribution in [0.1, 0.15) is 17.9 Å². The second-order valence-corrected chi connectivity index (χ2v) is 5.80. The Hall–Kier alpha value is -0.800. The van der Waals surface area contributed by atoms with Crippen molar-refractivity contribution >= 4 is 27.7 Å². The van der Waals surface area contributed by atoms with Crippen LogP contribution in [0.5, 0.6) is 0 Å². The second-order valence-electron chi connectivity index (χ2n) is 3.47. The highest BCUT2D eigenvalue weighted by Crippen LogP contribution is 2.33. The van der Waals surface area contributed by atoms with Gasteiger partial charge in [-0.05, 0) is 43.3 Å². The largest absolute Gasteiger partial charge is 0.260 e. The molecule has 0 N–H and O–H groups in total. The molecule has 1 aromatic carbocycles. The predicted octanol–water partition coefficient (Wildman–Crippen LogP) is 4.70. The first-order valence-electron chi connectivity index (χ1n) is 5.09. The van der Waals surface area contributed by atoms with Gasteiger partial charge in [0.15, 0.2) is 0 Å². The minimum absolute atomic E-state index is 0.377. The maximum absolute atomic E-state index is 4.36. The molecule has 0 bridgehead atoms. The summed E-state index contributed by atoms with van der Waals surface area (Å²) in [5, 5.41) is 0.377. The molecular formula is C13H12BrNS. The fourth-order valence-electron chi connectivity index (χ4n) is 1.39. The van der Waals surface area contributed by atoms with Crippen molar-refractivity contribution in [2.45, 2.75) is 17.1 Å². The average molecular weight is 294 g/mol. The summed E-state index contributed by atoms with van der Waals surface area (Å²) in [7, 11) is 0. The van der Waals surface area contributed by atoms with Gasteiger partial charge in [-0.3, -0.25) is 4.98 Å². The standard InChI is InChI=1S/C13H12BrNS/c1-10(13-4-2-3-9-15-13)16-12-7-5-11(14)6-8-12/h2-10H,1H3/t10-/m0/s1. The Morgan fingerprint density at radius 2 is 1.88 bits per heavy atom. The van der Waals surface area contributed by atoms with Crippen LogP contribution >= 0.6 is 27.7 Å². The number of benzene rings is 1. The van der Waals surface area contributed by atoms with Crippen LogP contribution in [-0.4, -0.2) is 4.98 Å². The van der Waals surface area contributed by atoms with E-state index in [0.29, 0.717) is 5.25 Å². The van der Waals surface area contributed by atoms with Gasteiger partial charge in [-0.1, -0.05) is 22.0 Å². The van der Waals surface area contributed by atoms with Gasteiger partial charge in [0.05, 0.1) is 5.69 Å². The first-order valence-corrected chi connectivity index (χ1v) is 6.76. The minimum atomic E-state index is 0.377. The van der Waals surface area contributed by atoms with Gasteiger partial charge in [0, 0.05) is 20.8 Å². The van der Waals surface area contributed by atoms with Crippen LogP contribution in [0.3, 0.4) is 0 Å². The quantitative estimate of drug-likeness (QED) is 0.761. The van der Waals surface area contributed by atoms with Crippen molar-refractivity contribution < 1.29 is 0 Å². The minimum Gasteiger partial charge on any atom is -0.260 e. The molecule has 0 amide bonds. The normalized spacial score (nSPS) is 12.4. The lowest BCUT2D eigenvalue weighted by Crippen LogP contribution is -1.91. The Kier molecular flexibility index (Phi) is 4.02. The highest BCUT2D eigenvalue weighted by molar-refractivity contribution is 9.10. The maximum atomic E-state index is 4.36. The zero-order chi connectivity index (χ0) is 11.4. The van der Waals surface area contributed by atoms with Gasteiger partial charge < -0.3 is 0 Å². The molecule has 0 fully saturated rings. The van der Waals surface area contributed by atoms with Crippen molar-refractivity contribution in [3.63, 3.8) is 0 Å². The van der Waals surface area contributed by atoms with Crippen LogP contribution < -0.4 is 0 Å². The van der Waals surface area contributed by atoms with E-state index >= 15 is 0 Å². The lowest BCUT2D eigenvalue weighted by atomic mass is 10.3. The molecule has 1 nitrogen and oxygen atoms in total. The van der Waals surface area contributed by atoms with E-state index in [1.165, 1.54) is 4.90 Å². The van der Waals surface area contributed by atoms with E-state index in [-0.39, 0.29) is 0 Å². The zero-order valence-corrected chi connectivity index (χ0v) is 11.3. The smallest absolute Gasteiger partial charge is 0.0534 e. The first-order chi connectivity index (χ1) is 7.75. The highest BCUT2D eigenvalue weighted by Gasteiger charge is 2.07. The van der Waals surface area contributed by atoms with E-state index in [4.69, 9.17) is 0 Å². The number of rotatable bonds is 3. The summed E-state index contributed by atoms with van der Waals surface area (Å²) in [5.41, 5.74) is 1.12. The fraction of sp³-hybridized carbons (Fsp3) is 0.154. The van der Waals surface area contributed by atoms with E-state index in [9.17, 15) is 0 Å². The van der Waals surface area contributed by atoms with Gasteiger partial charge in [0.2, 0.25) is 0 Å². The highest BCUT2D eigenvalue weighted by atomic mass is 79.9. The second kappa shape index (κ2) is 5.51. The molecule has 2 rings (SSSR count). The number of halogens is 1. The lowest BCUT2D eigenvalue weighted by molar-refractivity contribution is 1.01. The Labute approximate surface area is 108 Å². The van der Waals surface area contributed by atoms with E-state index in [0.717, 1.165) is 10.2 Å². The Morgan fingerprint density at radius 3 is 2.50 bits per heavy atom. The van der Waals surface area contributed by atoms with Gasteiger partial charge in [-0.15, -0.1) is 11.8 Å². The van der Waals surface area contributed by atoms with Crippen LogP contribution in [0.15, 0.2) is 58.0 Å². The number of hydrogen-bond donors (Lipinski definition) is 0. The van der Waals surface area contributed by atoms with Crippen molar-refractivity contribution in [3.05, 3.63) is 58.8 Å². The molecule has 3 heteroatoms. The predicted molar refractivity (Wildman–Crippen MR) is 72.7 cm³/mol. The third-order valence-corrected chi connectivity index (χ3v) is 3.90. The number of thioether (sulfide) groups is 1. The topological polar surface area (TPSA) is 12.9 Å². The SMILES string of the molecule is C[C@H](Sc1ccc(Br)cc1)c1ccccn1. The molecule has 0 aliphatic heterocycles. The van der Waals surface area contributed by atoms with Crippen LogP contribution in [0.2, 0.25) is 0 Å². The molecule has 1 aromatic heterocycles. The van der Waals surface area contributed by atoms with Crippen molar-refractivity contribution in [3.8, 4) is 0 Å². The molecule has 0 saturated heterocycles. The van der Waals surface area contributed by atoms with Gasteiger partial charge in [-0.25, -0.2) is 0 Å². The van der Waals surface area contributed by atoms with E-state index < -0.39 is 0 Å². The van der Waals surface area contributed by atoms with Gasteiger partial charge >= 0.3 is 0 Å². The molecule has 1 atom stereocenters. The molecule has 0 aliphatic rings. The fourth-order valence-corrected chi connectivity index (χ4v) is 2.62. The summed E-state index contributed by atoms with van der Waals surface area (Å²) in [6.45, 7) is 2.18. The molecule has 0 saturated carbocycles. The molecule has 82 valence electrons. The molecule has 0 radical (unpaired) electrons. The third kappa shape index (κ3) is 3.09. The zero-order valence-electron chi connectivity index (χ0n) is 8.93. The number of pyridine rings is 1. The van der Waals surface area contributed by atoms with Crippen LogP contribution in [0.4, 0.5) is 0 Å².